The molecule has 2 rings (SSSR count). The van der Waals surface area contributed by atoms with Crippen LogP contribution in [-0.4, -0.2) is 31.5 Å². The van der Waals surface area contributed by atoms with E-state index in [4.69, 9.17) is 9.15 Å². The van der Waals surface area contributed by atoms with Crippen molar-refractivity contribution in [3.05, 3.63) is 51.9 Å². The van der Waals surface area contributed by atoms with Crippen molar-refractivity contribution in [3.63, 3.8) is 0 Å². The number of aryl methyl sites for hydroxylation is 1. The molecule has 0 atom stereocenters. The lowest BCUT2D eigenvalue weighted by atomic mass is 9.85. The molecule has 1 aromatic heterocycles. The molecule has 6 nitrogen and oxygen atoms in total. The summed E-state index contributed by atoms with van der Waals surface area (Å²) in [5.41, 5.74) is 2.13. The Balaban J connectivity index is 1.76. The first-order chi connectivity index (χ1) is 12.7. The third kappa shape index (κ3) is 6.43. The van der Waals surface area contributed by atoms with Crippen LogP contribution >= 0.6 is 15.9 Å². The number of rotatable bonds is 7. The second kappa shape index (κ2) is 9.08. The van der Waals surface area contributed by atoms with E-state index in [1.54, 1.807) is 12.1 Å². The maximum Gasteiger partial charge on any atom is 0.287 e. The van der Waals surface area contributed by atoms with Crippen molar-refractivity contribution >= 4 is 27.7 Å². The molecule has 0 bridgehead atoms. The van der Waals surface area contributed by atoms with E-state index in [9.17, 15) is 9.59 Å². The monoisotopic (exact) mass is 436 g/mol. The predicted octanol–water partition coefficient (Wildman–Crippen LogP) is 3.57. The molecule has 7 heteroatoms. The fourth-order valence-corrected chi connectivity index (χ4v) is 2.76. The van der Waals surface area contributed by atoms with Gasteiger partial charge in [0.05, 0.1) is 0 Å². The number of amides is 2. The average Bonchev–Trinajstić information content (AvgIpc) is 3.03. The van der Waals surface area contributed by atoms with Gasteiger partial charge in [0.15, 0.2) is 17.0 Å². The van der Waals surface area contributed by atoms with Crippen molar-refractivity contribution in [2.75, 3.05) is 19.7 Å². The molecule has 0 spiro atoms. The molecule has 0 unspecified atom stereocenters. The number of nitrogens with one attached hydrogen (secondary N) is 2. The van der Waals surface area contributed by atoms with Gasteiger partial charge in [-0.2, -0.15) is 0 Å². The Morgan fingerprint density at radius 2 is 1.81 bits per heavy atom. The largest absolute Gasteiger partial charge is 0.483 e. The topological polar surface area (TPSA) is 80.6 Å². The number of benzene rings is 1. The highest BCUT2D eigenvalue weighted by Crippen LogP contribution is 2.32. The highest BCUT2D eigenvalue weighted by Gasteiger charge is 2.19. The summed E-state index contributed by atoms with van der Waals surface area (Å²) < 4.78 is 11.4. The van der Waals surface area contributed by atoms with E-state index in [1.807, 2.05) is 19.1 Å². The molecule has 0 aliphatic rings. The van der Waals surface area contributed by atoms with Gasteiger partial charge >= 0.3 is 0 Å². The summed E-state index contributed by atoms with van der Waals surface area (Å²) in [6.07, 6.45) is 0. The van der Waals surface area contributed by atoms with Crippen LogP contribution in [0.15, 0.2) is 39.4 Å². The van der Waals surface area contributed by atoms with Gasteiger partial charge < -0.3 is 19.8 Å². The second-order valence-corrected chi connectivity index (χ2v) is 8.03. The average molecular weight is 437 g/mol. The summed E-state index contributed by atoms with van der Waals surface area (Å²) >= 11 is 3.14. The summed E-state index contributed by atoms with van der Waals surface area (Å²) in [4.78, 5) is 23.8. The van der Waals surface area contributed by atoms with Crippen molar-refractivity contribution in [2.24, 2.45) is 0 Å². The van der Waals surface area contributed by atoms with Crippen LogP contribution in [0.5, 0.6) is 5.75 Å². The Bertz CT molecular complexity index is 809. The number of carbonyl (C=O) groups excluding carboxylic acids is 2. The fourth-order valence-electron chi connectivity index (χ4n) is 2.45. The second-order valence-electron chi connectivity index (χ2n) is 7.25. The van der Waals surface area contributed by atoms with Crippen LogP contribution in [0.2, 0.25) is 0 Å². The molecule has 0 aliphatic carbocycles. The highest BCUT2D eigenvalue weighted by atomic mass is 79.9. The Labute approximate surface area is 167 Å². The molecule has 0 aliphatic heterocycles. The van der Waals surface area contributed by atoms with E-state index in [0.717, 1.165) is 11.1 Å². The van der Waals surface area contributed by atoms with E-state index in [0.29, 0.717) is 23.5 Å². The number of carbonyl (C=O) groups is 2. The van der Waals surface area contributed by atoms with Gasteiger partial charge in [-0.05, 0) is 52.0 Å². The number of halogens is 1. The molecule has 0 radical (unpaired) electrons. The molecule has 2 amide bonds. The highest BCUT2D eigenvalue weighted by molar-refractivity contribution is 9.10. The van der Waals surface area contributed by atoms with Gasteiger partial charge in [0.1, 0.15) is 5.75 Å². The van der Waals surface area contributed by atoms with Crippen LogP contribution in [0.25, 0.3) is 0 Å². The molecule has 0 saturated carbocycles. The minimum atomic E-state index is -0.333. The normalized spacial score (nSPS) is 11.1. The quantitative estimate of drug-likeness (QED) is 0.649. The molecular weight excluding hydrogens is 412 g/mol. The van der Waals surface area contributed by atoms with Gasteiger partial charge in [0.25, 0.3) is 11.8 Å². The Hall–Kier alpha value is -2.28. The lowest BCUT2D eigenvalue weighted by Gasteiger charge is -2.23. The Morgan fingerprint density at radius 1 is 1.11 bits per heavy atom. The van der Waals surface area contributed by atoms with E-state index in [1.165, 1.54) is 0 Å². The van der Waals surface area contributed by atoms with Crippen molar-refractivity contribution in [3.8, 4) is 5.75 Å². The first-order valence-electron chi connectivity index (χ1n) is 8.71. The molecule has 1 aromatic carbocycles. The summed E-state index contributed by atoms with van der Waals surface area (Å²) in [7, 11) is 0. The molecule has 1 heterocycles. The summed E-state index contributed by atoms with van der Waals surface area (Å²) in [6, 6.07) is 9.15. The van der Waals surface area contributed by atoms with Crippen LogP contribution in [-0.2, 0) is 10.2 Å². The minimum Gasteiger partial charge on any atom is -0.483 e. The third-order valence-corrected chi connectivity index (χ3v) is 4.26. The van der Waals surface area contributed by atoms with Crippen LogP contribution in [0, 0.1) is 6.92 Å². The van der Waals surface area contributed by atoms with Gasteiger partial charge in [0.2, 0.25) is 0 Å². The first-order valence-corrected chi connectivity index (χ1v) is 9.50. The summed E-state index contributed by atoms with van der Waals surface area (Å²) in [6.45, 7) is 8.86. The standard InChI is InChI=1S/C20H25BrN2O4/c1-13-5-6-15(14(11-13)20(2,3)4)26-12-18(24)22-9-10-23-19(25)16-7-8-17(21)27-16/h5-8,11H,9-10,12H2,1-4H3,(H,22,24)(H,23,25). The zero-order chi connectivity index (χ0) is 20.0. The van der Waals surface area contributed by atoms with E-state index in [2.05, 4.69) is 53.4 Å². The lowest BCUT2D eigenvalue weighted by molar-refractivity contribution is -0.123. The number of furan rings is 1. The molecule has 27 heavy (non-hydrogen) atoms. The number of ether oxygens (including phenoxy) is 1. The minimum absolute atomic E-state index is 0.0782. The van der Waals surface area contributed by atoms with E-state index in [-0.39, 0.29) is 29.6 Å². The predicted molar refractivity (Wildman–Crippen MR) is 107 cm³/mol. The van der Waals surface area contributed by atoms with Crippen molar-refractivity contribution in [1.82, 2.24) is 10.6 Å². The smallest absolute Gasteiger partial charge is 0.287 e. The maximum absolute atomic E-state index is 12.0. The molecule has 146 valence electrons. The molecule has 0 saturated heterocycles. The van der Waals surface area contributed by atoms with Crippen molar-refractivity contribution in [2.45, 2.75) is 33.1 Å². The van der Waals surface area contributed by atoms with Crippen LogP contribution < -0.4 is 15.4 Å². The zero-order valence-electron chi connectivity index (χ0n) is 16.0. The number of hydrogen-bond donors (Lipinski definition) is 2. The van der Waals surface area contributed by atoms with Crippen molar-refractivity contribution < 1.29 is 18.7 Å². The lowest BCUT2D eigenvalue weighted by Crippen LogP contribution is -2.36. The van der Waals surface area contributed by atoms with Gasteiger partial charge in [-0.15, -0.1) is 0 Å². The Kier molecular flexibility index (Phi) is 7.07. The zero-order valence-corrected chi connectivity index (χ0v) is 17.6. The molecule has 2 N–H and O–H groups in total. The third-order valence-electron chi connectivity index (χ3n) is 3.83. The van der Waals surface area contributed by atoms with Crippen LogP contribution in [0.4, 0.5) is 0 Å². The summed E-state index contributed by atoms with van der Waals surface area (Å²) in [5.74, 6) is 0.344. The van der Waals surface area contributed by atoms with Gasteiger partial charge in [0, 0.05) is 13.1 Å². The van der Waals surface area contributed by atoms with E-state index >= 15 is 0 Å². The van der Waals surface area contributed by atoms with Crippen molar-refractivity contribution in [1.29, 1.82) is 0 Å². The molecule has 2 aromatic rings. The number of hydrogen-bond acceptors (Lipinski definition) is 4. The van der Waals surface area contributed by atoms with Gasteiger partial charge in [-0.25, -0.2) is 0 Å². The molecular formula is C20H25BrN2O4. The Morgan fingerprint density at radius 3 is 2.44 bits per heavy atom. The first kappa shape index (κ1) is 21.0. The van der Waals surface area contributed by atoms with Crippen LogP contribution in [0.1, 0.15) is 42.5 Å². The van der Waals surface area contributed by atoms with Gasteiger partial charge in [-0.1, -0.05) is 38.5 Å². The maximum atomic E-state index is 12.0. The van der Waals surface area contributed by atoms with Crippen LogP contribution in [0.3, 0.4) is 0 Å². The summed E-state index contributed by atoms with van der Waals surface area (Å²) in [5, 5.41) is 5.38. The van der Waals surface area contributed by atoms with E-state index < -0.39 is 0 Å². The molecule has 0 fully saturated rings. The SMILES string of the molecule is Cc1ccc(OCC(=O)NCCNC(=O)c2ccc(Br)o2)c(C(C)(C)C)c1. The fraction of sp³-hybridized carbons (Fsp3) is 0.400. The van der Waals surface area contributed by atoms with Gasteiger partial charge in [-0.3, -0.25) is 9.59 Å².